The van der Waals surface area contributed by atoms with Gasteiger partial charge in [0.1, 0.15) is 0 Å². The molecule has 0 atom stereocenters. The van der Waals surface area contributed by atoms with Gasteiger partial charge in [0.15, 0.2) is 0 Å². The number of carbonyl (C=O) groups excluding carboxylic acids is 2. The number of halogens is 1. The van der Waals surface area contributed by atoms with Crippen molar-refractivity contribution >= 4 is 39.5 Å². The maximum Gasteiger partial charge on any atom is 0.246 e. The van der Waals surface area contributed by atoms with Crippen LogP contribution in [0.25, 0.3) is 6.08 Å². The van der Waals surface area contributed by atoms with Crippen molar-refractivity contribution in [3.8, 4) is 0 Å². The molecule has 3 rings (SSSR count). The monoisotopic (exact) mass is 455 g/mol. The van der Waals surface area contributed by atoms with Crippen LogP contribution in [0.2, 0.25) is 0 Å². The Balaban J connectivity index is 1.46. The van der Waals surface area contributed by atoms with Gasteiger partial charge in [-0.15, -0.1) is 0 Å². The van der Waals surface area contributed by atoms with Crippen molar-refractivity contribution in [2.75, 3.05) is 38.0 Å². The highest BCUT2D eigenvalue weighted by atomic mass is 79.9. The van der Waals surface area contributed by atoms with E-state index in [4.69, 9.17) is 0 Å². The predicted octanol–water partition coefficient (Wildman–Crippen LogP) is 3.86. The summed E-state index contributed by atoms with van der Waals surface area (Å²) in [6, 6.07) is 13.7. The molecule has 152 valence electrons. The molecule has 29 heavy (non-hydrogen) atoms. The molecule has 1 heterocycles. The number of carbonyl (C=O) groups is 2. The Hall–Kier alpha value is -2.44. The standard InChI is InChI=1S/C23H26BrN3O2/c1-17-5-3-8-21(18(17)2)25-22(28)16-26-11-13-27(14-12-26)23(29)10-9-19-6-4-7-20(24)15-19/h3-10,15H,11-14,16H2,1-2H3,(H,25,28)/b10-9+. The second-order valence-corrected chi connectivity index (χ2v) is 8.20. The molecule has 0 radical (unpaired) electrons. The molecule has 0 aliphatic carbocycles. The van der Waals surface area contributed by atoms with E-state index in [2.05, 4.69) is 26.1 Å². The molecule has 0 bridgehead atoms. The lowest BCUT2D eigenvalue weighted by Crippen LogP contribution is -2.50. The molecule has 1 fully saturated rings. The molecule has 2 amide bonds. The number of hydrogen-bond acceptors (Lipinski definition) is 3. The third-order valence-corrected chi connectivity index (χ3v) is 5.69. The van der Waals surface area contributed by atoms with E-state index in [0.29, 0.717) is 32.7 Å². The van der Waals surface area contributed by atoms with Crippen molar-refractivity contribution < 1.29 is 9.59 Å². The third-order valence-electron chi connectivity index (χ3n) is 5.20. The third kappa shape index (κ3) is 6.02. The number of nitrogens with one attached hydrogen (secondary N) is 1. The first-order chi connectivity index (χ1) is 13.9. The maximum atomic E-state index is 12.4. The van der Waals surface area contributed by atoms with E-state index in [1.807, 2.05) is 67.3 Å². The van der Waals surface area contributed by atoms with Crippen LogP contribution in [-0.4, -0.2) is 54.3 Å². The van der Waals surface area contributed by atoms with Crippen molar-refractivity contribution in [3.63, 3.8) is 0 Å². The topological polar surface area (TPSA) is 52.7 Å². The molecular formula is C23H26BrN3O2. The van der Waals surface area contributed by atoms with E-state index < -0.39 is 0 Å². The summed E-state index contributed by atoms with van der Waals surface area (Å²) >= 11 is 3.43. The lowest BCUT2D eigenvalue weighted by Gasteiger charge is -2.33. The van der Waals surface area contributed by atoms with Crippen molar-refractivity contribution in [1.82, 2.24) is 9.80 Å². The predicted molar refractivity (Wildman–Crippen MR) is 121 cm³/mol. The van der Waals surface area contributed by atoms with Crippen molar-refractivity contribution in [2.24, 2.45) is 0 Å². The van der Waals surface area contributed by atoms with Gasteiger partial charge in [-0.25, -0.2) is 0 Å². The highest BCUT2D eigenvalue weighted by Gasteiger charge is 2.21. The number of nitrogens with zero attached hydrogens (tertiary/aromatic N) is 2. The molecule has 6 heteroatoms. The Morgan fingerprint density at radius 1 is 1.07 bits per heavy atom. The number of benzene rings is 2. The summed E-state index contributed by atoms with van der Waals surface area (Å²) in [7, 11) is 0. The second-order valence-electron chi connectivity index (χ2n) is 7.29. The Kier molecular flexibility index (Phi) is 7.23. The van der Waals surface area contributed by atoms with Crippen molar-refractivity contribution in [1.29, 1.82) is 0 Å². The summed E-state index contributed by atoms with van der Waals surface area (Å²) in [6.45, 7) is 7.01. The van der Waals surface area contributed by atoms with Crippen LogP contribution in [0.4, 0.5) is 5.69 Å². The fourth-order valence-corrected chi connectivity index (χ4v) is 3.71. The zero-order valence-corrected chi connectivity index (χ0v) is 18.4. The summed E-state index contributed by atoms with van der Waals surface area (Å²) in [4.78, 5) is 28.7. The largest absolute Gasteiger partial charge is 0.337 e. The van der Waals surface area contributed by atoms with Gasteiger partial charge in [-0.3, -0.25) is 14.5 Å². The average Bonchev–Trinajstić information content (AvgIpc) is 2.70. The van der Waals surface area contributed by atoms with E-state index in [-0.39, 0.29) is 11.8 Å². The Morgan fingerprint density at radius 2 is 1.79 bits per heavy atom. The summed E-state index contributed by atoms with van der Waals surface area (Å²) in [6.07, 6.45) is 3.45. The number of rotatable bonds is 5. The molecule has 0 unspecified atom stereocenters. The van der Waals surface area contributed by atoms with Crippen LogP contribution in [-0.2, 0) is 9.59 Å². The summed E-state index contributed by atoms with van der Waals surface area (Å²) < 4.78 is 0.986. The van der Waals surface area contributed by atoms with Crippen LogP contribution in [0.1, 0.15) is 16.7 Å². The molecule has 0 saturated carbocycles. The first-order valence-electron chi connectivity index (χ1n) is 9.73. The van der Waals surface area contributed by atoms with Crippen LogP contribution in [0.3, 0.4) is 0 Å². The number of hydrogen-bond donors (Lipinski definition) is 1. The van der Waals surface area contributed by atoms with Gasteiger partial charge < -0.3 is 10.2 Å². The minimum Gasteiger partial charge on any atom is -0.337 e. The van der Waals surface area contributed by atoms with Gasteiger partial charge >= 0.3 is 0 Å². The van der Waals surface area contributed by atoms with E-state index in [1.165, 1.54) is 0 Å². The SMILES string of the molecule is Cc1cccc(NC(=O)CN2CCN(C(=O)/C=C/c3cccc(Br)c3)CC2)c1C. The number of anilines is 1. The number of piperazine rings is 1. The van der Waals surface area contributed by atoms with Gasteiger partial charge in [0, 0.05) is 42.4 Å². The van der Waals surface area contributed by atoms with Gasteiger partial charge in [0.2, 0.25) is 11.8 Å². The molecule has 5 nitrogen and oxygen atoms in total. The van der Waals surface area contributed by atoms with Crippen LogP contribution in [0.5, 0.6) is 0 Å². The zero-order valence-electron chi connectivity index (χ0n) is 16.8. The molecule has 1 aliphatic heterocycles. The van der Waals surface area contributed by atoms with Crippen LogP contribution < -0.4 is 5.32 Å². The first-order valence-corrected chi connectivity index (χ1v) is 10.5. The van der Waals surface area contributed by atoms with E-state index in [0.717, 1.165) is 26.9 Å². The summed E-state index contributed by atoms with van der Waals surface area (Å²) in [5.74, 6) is -0.0162. The fourth-order valence-electron chi connectivity index (χ4n) is 3.29. The highest BCUT2D eigenvalue weighted by molar-refractivity contribution is 9.10. The van der Waals surface area contributed by atoms with Gasteiger partial charge in [0.05, 0.1) is 6.54 Å². The first kappa shape index (κ1) is 21.3. The molecule has 0 spiro atoms. The lowest BCUT2D eigenvalue weighted by molar-refractivity contribution is -0.127. The van der Waals surface area contributed by atoms with Crippen molar-refractivity contribution in [2.45, 2.75) is 13.8 Å². The molecular weight excluding hydrogens is 430 g/mol. The van der Waals surface area contributed by atoms with Gasteiger partial charge in [-0.05, 0) is 54.8 Å². The van der Waals surface area contributed by atoms with E-state index in [1.54, 1.807) is 6.08 Å². The second kappa shape index (κ2) is 9.85. The molecule has 2 aromatic rings. The summed E-state index contributed by atoms with van der Waals surface area (Å²) in [5.41, 5.74) is 4.09. The van der Waals surface area contributed by atoms with Crippen LogP contribution in [0.15, 0.2) is 53.0 Å². The molecule has 1 aliphatic rings. The van der Waals surface area contributed by atoms with Crippen LogP contribution in [0, 0.1) is 13.8 Å². The Bertz CT molecular complexity index is 918. The molecule has 1 saturated heterocycles. The number of amides is 2. The highest BCUT2D eigenvalue weighted by Crippen LogP contribution is 2.18. The maximum absolute atomic E-state index is 12.4. The lowest BCUT2D eigenvalue weighted by atomic mass is 10.1. The fraction of sp³-hybridized carbons (Fsp3) is 0.304. The minimum absolute atomic E-state index is 0.00413. The molecule has 0 aromatic heterocycles. The van der Waals surface area contributed by atoms with E-state index >= 15 is 0 Å². The van der Waals surface area contributed by atoms with Crippen LogP contribution >= 0.6 is 15.9 Å². The Labute approximate surface area is 180 Å². The van der Waals surface area contributed by atoms with E-state index in [9.17, 15) is 9.59 Å². The van der Waals surface area contributed by atoms with Crippen molar-refractivity contribution in [3.05, 3.63) is 69.7 Å². The quantitative estimate of drug-likeness (QED) is 0.696. The Morgan fingerprint density at radius 3 is 2.52 bits per heavy atom. The van der Waals surface area contributed by atoms with Gasteiger partial charge in [0.25, 0.3) is 0 Å². The molecule has 1 N–H and O–H groups in total. The smallest absolute Gasteiger partial charge is 0.246 e. The molecule has 2 aromatic carbocycles. The van der Waals surface area contributed by atoms with Gasteiger partial charge in [-0.1, -0.05) is 40.2 Å². The normalized spacial score (nSPS) is 14.9. The zero-order chi connectivity index (χ0) is 20.8. The number of aryl methyl sites for hydroxylation is 1. The summed E-state index contributed by atoms with van der Waals surface area (Å²) in [5, 5.41) is 3.00. The van der Waals surface area contributed by atoms with Gasteiger partial charge in [-0.2, -0.15) is 0 Å². The average molecular weight is 456 g/mol. The minimum atomic E-state index is -0.0203.